The van der Waals surface area contributed by atoms with Gasteiger partial charge in [0.25, 0.3) is 0 Å². The molecule has 0 saturated carbocycles. The molecule has 0 radical (unpaired) electrons. The quantitative estimate of drug-likeness (QED) is 0.626. The molecular formula is C22H23N3S. The largest absolute Gasteiger partial charge is 0.324 e. The van der Waals surface area contributed by atoms with Gasteiger partial charge < -0.3 is 9.80 Å². The maximum atomic E-state index is 5.04. The zero-order chi connectivity index (χ0) is 17.3. The predicted octanol–water partition coefficient (Wildman–Crippen LogP) is 5.32. The first-order valence-corrected chi connectivity index (χ1v) is 10.4. The molecule has 0 atom stereocenters. The third kappa shape index (κ3) is 2.97. The second-order valence-corrected chi connectivity index (χ2v) is 8.21. The number of fused-ring (bicyclic) bond motifs is 3. The van der Waals surface area contributed by atoms with E-state index in [1.54, 1.807) is 0 Å². The number of likely N-dealkylation sites (tertiary alicyclic amines) is 1. The number of aromatic nitrogens is 1. The summed E-state index contributed by atoms with van der Waals surface area (Å²) < 4.78 is 0. The molecule has 2 aromatic carbocycles. The molecule has 3 nitrogen and oxygen atoms in total. The van der Waals surface area contributed by atoms with E-state index in [-0.39, 0.29) is 0 Å². The molecule has 0 amide bonds. The first-order chi connectivity index (χ1) is 12.9. The van der Waals surface area contributed by atoms with E-state index in [1.807, 2.05) is 11.8 Å². The highest BCUT2D eigenvalue weighted by molar-refractivity contribution is 7.99. The molecule has 2 aliphatic rings. The monoisotopic (exact) mass is 361 g/mol. The standard InChI is InChI=1S/C22H23N3S/c1-2-9-18-17(8-1)16-21-22(23-18)25(15-7-14-24-12-5-6-13-24)19-10-3-4-11-20(19)26-21/h1-4,8-11,16H,5-7,12-15H2. The highest BCUT2D eigenvalue weighted by atomic mass is 32.2. The van der Waals surface area contributed by atoms with Crippen LogP contribution in [0.4, 0.5) is 11.5 Å². The first kappa shape index (κ1) is 16.2. The maximum Gasteiger partial charge on any atom is 0.147 e. The van der Waals surface area contributed by atoms with Crippen LogP contribution in [0.25, 0.3) is 10.9 Å². The third-order valence-corrected chi connectivity index (χ3v) is 6.44. The van der Waals surface area contributed by atoms with Crippen LogP contribution in [-0.2, 0) is 0 Å². The van der Waals surface area contributed by atoms with E-state index in [0.717, 1.165) is 17.9 Å². The molecule has 0 N–H and O–H groups in total. The van der Waals surface area contributed by atoms with Crippen LogP contribution in [0.3, 0.4) is 0 Å². The van der Waals surface area contributed by atoms with Crippen molar-refractivity contribution in [1.29, 1.82) is 0 Å². The fourth-order valence-electron chi connectivity index (χ4n) is 4.04. The van der Waals surface area contributed by atoms with Crippen molar-refractivity contribution in [1.82, 2.24) is 9.88 Å². The average Bonchev–Trinajstić information content (AvgIpc) is 3.19. The highest BCUT2D eigenvalue weighted by Crippen LogP contribution is 2.47. The molecular weight excluding hydrogens is 338 g/mol. The zero-order valence-corrected chi connectivity index (χ0v) is 15.7. The minimum Gasteiger partial charge on any atom is -0.324 e. The number of hydrogen-bond donors (Lipinski definition) is 0. The summed E-state index contributed by atoms with van der Waals surface area (Å²) in [6.45, 7) is 4.75. The Balaban J connectivity index is 1.49. The number of rotatable bonds is 4. The second-order valence-electron chi connectivity index (χ2n) is 7.13. The minimum absolute atomic E-state index is 1.02. The summed E-state index contributed by atoms with van der Waals surface area (Å²) in [5, 5.41) is 1.22. The van der Waals surface area contributed by atoms with Gasteiger partial charge in [0.15, 0.2) is 0 Å². The lowest BCUT2D eigenvalue weighted by Crippen LogP contribution is -2.28. The van der Waals surface area contributed by atoms with E-state index in [2.05, 4.69) is 64.4 Å². The van der Waals surface area contributed by atoms with Crippen LogP contribution in [0.5, 0.6) is 0 Å². The van der Waals surface area contributed by atoms with Gasteiger partial charge >= 0.3 is 0 Å². The van der Waals surface area contributed by atoms with Crippen molar-refractivity contribution in [3.8, 4) is 0 Å². The summed E-state index contributed by atoms with van der Waals surface area (Å²) >= 11 is 1.85. The smallest absolute Gasteiger partial charge is 0.147 e. The molecule has 5 rings (SSSR count). The van der Waals surface area contributed by atoms with E-state index >= 15 is 0 Å². The predicted molar refractivity (Wildman–Crippen MR) is 110 cm³/mol. The summed E-state index contributed by atoms with van der Waals surface area (Å²) in [5.41, 5.74) is 2.38. The highest BCUT2D eigenvalue weighted by Gasteiger charge is 2.25. The van der Waals surface area contributed by atoms with Gasteiger partial charge in [-0.1, -0.05) is 42.1 Å². The summed E-state index contributed by atoms with van der Waals surface area (Å²) in [4.78, 5) is 12.7. The summed E-state index contributed by atoms with van der Waals surface area (Å²) in [5.74, 6) is 1.12. The van der Waals surface area contributed by atoms with E-state index < -0.39 is 0 Å². The lowest BCUT2D eigenvalue weighted by atomic mass is 10.2. The lowest BCUT2D eigenvalue weighted by Gasteiger charge is -2.32. The number of benzene rings is 2. The molecule has 132 valence electrons. The van der Waals surface area contributed by atoms with Crippen LogP contribution in [0, 0.1) is 0 Å². The normalized spacial score (nSPS) is 16.7. The third-order valence-electron chi connectivity index (χ3n) is 5.36. The minimum atomic E-state index is 1.02. The van der Waals surface area contributed by atoms with Crippen molar-refractivity contribution in [2.75, 3.05) is 31.1 Å². The Morgan fingerprint density at radius 3 is 2.62 bits per heavy atom. The van der Waals surface area contributed by atoms with Crippen molar-refractivity contribution in [2.24, 2.45) is 0 Å². The summed E-state index contributed by atoms with van der Waals surface area (Å²) in [7, 11) is 0. The van der Waals surface area contributed by atoms with Crippen LogP contribution < -0.4 is 4.90 Å². The van der Waals surface area contributed by atoms with Gasteiger partial charge in [-0.25, -0.2) is 4.98 Å². The zero-order valence-electron chi connectivity index (χ0n) is 14.9. The van der Waals surface area contributed by atoms with Crippen molar-refractivity contribution in [3.63, 3.8) is 0 Å². The van der Waals surface area contributed by atoms with Crippen LogP contribution in [0.2, 0.25) is 0 Å². The van der Waals surface area contributed by atoms with Crippen LogP contribution in [0.1, 0.15) is 19.3 Å². The molecule has 0 unspecified atom stereocenters. The molecule has 0 bridgehead atoms. The topological polar surface area (TPSA) is 19.4 Å². The Morgan fingerprint density at radius 1 is 0.885 bits per heavy atom. The number of anilines is 2. The van der Waals surface area contributed by atoms with Gasteiger partial charge in [-0.05, 0) is 63.2 Å². The molecule has 3 aromatic rings. The van der Waals surface area contributed by atoms with Crippen molar-refractivity contribution < 1.29 is 0 Å². The molecule has 0 spiro atoms. The van der Waals surface area contributed by atoms with E-state index in [9.17, 15) is 0 Å². The molecule has 3 heterocycles. The van der Waals surface area contributed by atoms with E-state index in [0.29, 0.717) is 0 Å². The lowest BCUT2D eigenvalue weighted by molar-refractivity contribution is 0.335. The van der Waals surface area contributed by atoms with Gasteiger partial charge in [-0.3, -0.25) is 0 Å². The SMILES string of the molecule is c1ccc2c(c1)Sc1cc3ccccc3nc1N2CCCN1CCCC1. The van der Waals surface area contributed by atoms with Crippen LogP contribution >= 0.6 is 11.8 Å². The Morgan fingerprint density at radius 2 is 1.69 bits per heavy atom. The number of hydrogen-bond acceptors (Lipinski definition) is 4. The average molecular weight is 362 g/mol. The fraction of sp³-hybridized carbons (Fsp3) is 0.318. The van der Waals surface area contributed by atoms with Gasteiger partial charge in [0, 0.05) is 16.8 Å². The molecule has 2 aliphatic heterocycles. The summed E-state index contributed by atoms with van der Waals surface area (Å²) in [6, 6.07) is 19.5. The summed E-state index contributed by atoms with van der Waals surface area (Å²) in [6.07, 6.45) is 3.89. The van der Waals surface area contributed by atoms with Crippen LogP contribution in [-0.4, -0.2) is 36.1 Å². The Kier molecular flexibility index (Phi) is 4.31. The Labute approximate surface area is 159 Å². The first-order valence-electron chi connectivity index (χ1n) is 9.55. The van der Waals surface area contributed by atoms with Crippen molar-refractivity contribution in [2.45, 2.75) is 29.1 Å². The molecule has 1 fully saturated rings. The van der Waals surface area contributed by atoms with Crippen LogP contribution in [0.15, 0.2) is 64.4 Å². The Hall–Kier alpha value is -2.04. The van der Waals surface area contributed by atoms with E-state index in [1.165, 1.54) is 59.8 Å². The van der Waals surface area contributed by atoms with E-state index in [4.69, 9.17) is 4.98 Å². The molecule has 26 heavy (non-hydrogen) atoms. The van der Waals surface area contributed by atoms with Gasteiger partial charge in [-0.15, -0.1) is 0 Å². The van der Waals surface area contributed by atoms with Crippen molar-refractivity contribution >= 4 is 34.2 Å². The second kappa shape index (κ2) is 6.93. The molecule has 4 heteroatoms. The fourth-order valence-corrected chi connectivity index (χ4v) is 5.14. The number of pyridine rings is 1. The molecule has 1 aromatic heterocycles. The maximum absolute atomic E-state index is 5.04. The molecule has 1 saturated heterocycles. The van der Waals surface area contributed by atoms with Gasteiger partial charge in [0.2, 0.25) is 0 Å². The van der Waals surface area contributed by atoms with Crippen molar-refractivity contribution in [3.05, 3.63) is 54.6 Å². The Bertz CT molecular complexity index is 934. The van der Waals surface area contributed by atoms with Gasteiger partial charge in [-0.2, -0.15) is 0 Å². The molecule has 0 aliphatic carbocycles. The number of nitrogens with zero attached hydrogens (tertiary/aromatic N) is 3. The van der Waals surface area contributed by atoms with Gasteiger partial charge in [0.1, 0.15) is 5.82 Å². The number of para-hydroxylation sites is 2. The van der Waals surface area contributed by atoms with Gasteiger partial charge in [0.05, 0.1) is 16.1 Å².